The van der Waals surface area contributed by atoms with Crippen molar-refractivity contribution in [3.05, 3.63) is 65.2 Å². The molecule has 0 N–H and O–H groups in total. The summed E-state index contributed by atoms with van der Waals surface area (Å²) in [5, 5.41) is 0. The van der Waals surface area contributed by atoms with Crippen molar-refractivity contribution in [2.24, 2.45) is 0 Å². The van der Waals surface area contributed by atoms with Crippen molar-refractivity contribution in [3.63, 3.8) is 0 Å². The van der Waals surface area contributed by atoms with Crippen molar-refractivity contribution in [3.8, 4) is 11.5 Å². The van der Waals surface area contributed by atoms with E-state index in [0.717, 1.165) is 16.9 Å². The van der Waals surface area contributed by atoms with Gasteiger partial charge in [0.2, 0.25) is 12.7 Å². The van der Waals surface area contributed by atoms with Crippen molar-refractivity contribution < 1.29 is 14.3 Å². The van der Waals surface area contributed by atoms with Gasteiger partial charge >= 0.3 is 0 Å². The Labute approximate surface area is 135 Å². The number of likely N-dealkylation sites (N-methyl/N-ethyl adjacent to an activating group) is 1. The van der Waals surface area contributed by atoms with Crippen molar-refractivity contribution in [2.45, 2.75) is 13.5 Å². The van der Waals surface area contributed by atoms with Crippen molar-refractivity contribution >= 4 is 12.0 Å². The highest BCUT2D eigenvalue weighted by molar-refractivity contribution is 5.91. The van der Waals surface area contributed by atoms with E-state index in [4.69, 9.17) is 9.47 Å². The van der Waals surface area contributed by atoms with Crippen LogP contribution in [0.15, 0.2) is 48.5 Å². The zero-order valence-corrected chi connectivity index (χ0v) is 13.3. The number of amides is 1. The fourth-order valence-corrected chi connectivity index (χ4v) is 2.36. The maximum Gasteiger partial charge on any atom is 0.246 e. The number of carbonyl (C=O) groups excluding carboxylic acids is 1. The molecule has 23 heavy (non-hydrogen) atoms. The largest absolute Gasteiger partial charge is 0.454 e. The van der Waals surface area contributed by atoms with E-state index in [-0.39, 0.29) is 12.7 Å². The van der Waals surface area contributed by atoms with Gasteiger partial charge in [-0.2, -0.15) is 0 Å². The van der Waals surface area contributed by atoms with E-state index in [1.165, 1.54) is 5.56 Å². The maximum atomic E-state index is 12.2. The Hall–Kier alpha value is -2.75. The third-order valence-corrected chi connectivity index (χ3v) is 3.73. The highest BCUT2D eigenvalue weighted by atomic mass is 16.7. The zero-order chi connectivity index (χ0) is 16.2. The molecule has 1 amide bonds. The molecule has 0 aromatic heterocycles. The van der Waals surface area contributed by atoms with Crippen LogP contribution in [-0.4, -0.2) is 24.6 Å². The second kappa shape index (κ2) is 6.57. The van der Waals surface area contributed by atoms with Crippen LogP contribution in [0.4, 0.5) is 0 Å². The summed E-state index contributed by atoms with van der Waals surface area (Å²) in [5.41, 5.74) is 3.24. The first-order valence-electron chi connectivity index (χ1n) is 7.50. The van der Waals surface area contributed by atoms with Gasteiger partial charge in [-0.3, -0.25) is 4.79 Å². The van der Waals surface area contributed by atoms with Gasteiger partial charge in [0.15, 0.2) is 11.5 Å². The molecule has 2 aromatic rings. The number of benzene rings is 2. The molecule has 0 unspecified atom stereocenters. The van der Waals surface area contributed by atoms with Gasteiger partial charge in [-0.25, -0.2) is 0 Å². The van der Waals surface area contributed by atoms with E-state index in [9.17, 15) is 4.79 Å². The average Bonchev–Trinajstić information content (AvgIpc) is 3.02. The molecule has 0 fully saturated rings. The van der Waals surface area contributed by atoms with Crippen LogP contribution in [0.2, 0.25) is 0 Å². The lowest BCUT2D eigenvalue weighted by atomic mass is 10.1. The molecule has 0 saturated carbocycles. The molecule has 0 atom stereocenters. The number of hydrogen-bond donors (Lipinski definition) is 0. The number of nitrogens with zero attached hydrogens (tertiary/aromatic N) is 1. The van der Waals surface area contributed by atoms with Crippen LogP contribution in [0.3, 0.4) is 0 Å². The van der Waals surface area contributed by atoms with Crippen LogP contribution in [-0.2, 0) is 11.3 Å². The molecule has 1 aliphatic heterocycles. The molecule has 1 heterocycles. The molecular formula is C19H19NO3. The summed E-state index contributed by atoms with van der Waals surface area (Å²) in [7, 11) is 1.80. The fraction of sp³-hybridized carbons (Fsp3) is 0.211. The molecular weight excluding hydrogens is 290 g/mol. The van der Waals surface area contributed by atoms with E-state index in [1.807, 2.05) is 37.3 Å². The van der Waals surface area contributed by atoms with Gasteiger partial charge in [0.1, 0.15) is 0 Å². The molecule has 3 rings (SSSR count). The topological polar surface area (TPSA) is 38.8 Å². The zero-order valence-electron chi connectivity index (χ0n) is 13.3. The number of ether oxygens (including phenoxy) is 2. The van der Waals surface area contributed by atoms with Gasteiger partial charge in [-0.15, -0.1) is 0 Å². The predicted molar refractivity (Wildman–Crippen MR) is 89.3 cm³/mol. The van der Waals surface area contributed by atoms with Crippen molar-refractivity contribution in [1.82, 2.24) is 4.90 Å². The normalized spacial score (nSPS) is 12.6. The predicted octanol–water partition coefficient (Wildman–Crippen LogP) is 3.40. The number of rotatable bonds is 4. The first-order valence-corrected chi connectivity index (χ1v) is 7.50. The van der Waals surface area contributed by atoms with Crippen LogP contribution in [0, 0.1) is 6.92 Å². The van der Waals surface area contributed by atoms with Gasteiger partial charge in [-0.1, -0.05) is 35.9 Å². The lowest BCUT2D eigenvalue weighted by Crippen LogP contribution is -2.24. The Morgan fingerprint density at radius 1 is 1.13 bits per heavy atom. The molecule has 0 spiro atoms. The van der Waals surface area contributed by atoms with Crippen molar-refractivity contribution in [1.29, 1.82) is 0 Å². The van der Waals surface area contributed by atoms with Crippen LogP contribution in [0.5, 0.6) is 11.5 Å². The first-order chi connectivity index (χ1) is 11.1. The third-order valence-electron chi connectivity index (χ3n) is 3.73. The monoisotopic (exact) mass is 309 g/mol. The Balaban J connectivity index is 1.62. The van der Waals surface area contributed by atoms with Gasteiger partial charge in [0.25, 0.3) is 0 Å². The SMILES string of the molecule is Cc1ccc(CN(C)C(=O)/C=C/c2ccc3c(c2)OCO3)cc1. The lowest BCUT2D eigenvalue weighted by molar-refractivity contribution is -0.125. The summed E-state index contributed by atoms with van der Waals surface area (Å²) in [4.78, 5) is 13.9. The van der Waals surface area contributed by atoms with E-state index in [2.05, 4.69) is 12.1 Å². The minimum Gasteiger partial charge on any atom is -0.454 e. The lowest BCUT2D eigenvalue weighted by Gasteiger charge is -2.15. The van der Waals surface area contributed by atoms with E-state index in [1.54, 1.807) is 24.1 Å². The molecule has 4 heteroatoms. The minimum atomic E-state index is -0.0387. The van der Waals surface area contributed by atoms with Crippen molar-refractivity contribution in [2.75, 3.05) is 13.8 Å². The molecule has 0 saturated heterocycles. The molecule has 0 bridgehead atoms. The first kappa shape index (κ1) is 15.2. The fourth-order valence-electron chi connectivity index (χ4n) is 2.36. The Kier molecular flexibility index (Phi) is 4.33. The molecule has 2 aromatic carbocycles. The quantitative estimate of drug-likeness (QED) is 0.813. The van der Waals surface area contributed by atoms with E-state index < -0.39 is 0 Å². The van der Waals surface area contributed by atoms with Gasteiger partial charge in [-0.05, 0) is 36.3 Å². The summed E-state index contributed by atoms with van der Waals surface area (Å²) in [5.74, 6) is 1.42. The average molecular weight is 309 g/mol. The van der Waals surface area contributed by atoms with Crippen LogP contribution in [0.1, 0.15) is 16.7 Å². The Bertz CT molecular complexity index is 735. The molecule has 0 aliphatic carbocycles. The summed E-state index contributed by atoms with van der Waals surface area (Å²) in [6.45, 7) is 2.89. The number of carbonyl (C=O) groups is 1. The number of aryl methyl sites for hydroxylation is 1. The number of hydrogen-bond acceptors (Lipinski definition) is 3. The van der Waals surface area contributed by atoms with Gasteiger partial charge in [0, 0.05) is 19.7 Å². The highest BCUT2D eigenvalue weighted by Gasteiger charge is 2.12. The second-order valence-corrected chi connectivity index (χ2v) is 5.63. The smallest absolute Gasteiger partial charge is 0.246 e. The number of fused-ring (bicyclic) bond motifs is 1. The minimum absolute atomic E-state index is 0.0387. The molecule has 1 aliphatic rings. The highest BCUT2D eigenvalue weighted by Crippen LogP contribution is 2.32. The summed E-state index contributed by atoms with van der Waals surface area (Å²) in [6, 6.07) is 13.8. The van der Waals surface area contributed by atoms with Gasteiger partial charge in [0.05, 0.1) is 0 Å². The summed E-state index contributed by atoms with van der Waals surface area (Å²) >= 11 is 0. The van der Waals surface area contributed by atoms with Crippen LogP contribution in [0.25, 0.3) is 6.08 Å². The molecule has 4 nitrogen and oxygen atoms in total. The van der Waals surface area contributed by atoms with E-state index >= 15 is 0 Å². The Morgan fingerprint density at radius 2 is 1.87 bits per heavy atom. The second-order valence-electron chi connectivity index (χ2n) is 5.63. The van der Waals surface area contributed by atoms with E-state index in [0.29, 0.717) is 12.3 Å². The van der Waals surface area contributed by atoms with Crippen LogP contribution >= 0.6 is 0 Å². The third kappa shape index (κ3) is 3.72. The molecule has 0 radical (unpaired) electrons. The molecule has 118 valence electrons. The summed E-state index contributed by atoms with van der Waals surface area (Å²) < 4.78 is 10.6. The van der Waals surface area contributed by atoms with Crippen LogP contribution < -0.4 is 9.47 Å². The standard InChI is InChI=1S/C19H19NO3/c1-14-3-5-16(6-4-14)12-20(2)19(21)10-8-15-7-9-17-18(11-15)23-13-22-17/h3-11H,12-13H2,1-2H3/b10-8+. The Morgan fingerprint density at radius 3 is 2.65 bits per heavy atom. The maximum absolute atomic E-state index is 12.2. The summed E-state index contributed by atoms with van der Waals surface area (Å²) in [6.07, 6.45) is 3.36. The van der Waals surface area contributed by atoms with Gasteiger partial charge < -0.3 is 14.4 Å².